The molecule has 1 aliphatic carbocycles. The topological polar surface area (TPSA) is 65.8 Å². The van der Waals surface area contributed by atoms with E-state index in [1.807, 2.05) is 21.4 Å². The molecule has 0 radical (unpaired) electrons. The summed E-state index contributed by atoms with van der Waals surface area (Å²) < 4.78 is 3.94. The van der Waals surface area contributed by atoms with Crippen LogP contribution in [0, 0.1) is 0 Å². The molecule has 0 bridgehead atoms. The van der Waals surface area contributed by atoms with E-state index in [0.29, 0.717) is 0 Å². The first-order chi connectivity index (χ1) is 9.75. The summed E-state index contributed by atoms with van der Waals surface area (Å²) in [6.07, 6.45) is 9.49. The molecule has 5 heteroatoms. The molecule has 5 nitrogen and oxygen atoms in total. The van der Waals surface area contributed by atoms with Crippen LogP contribution in [0.2, 0.25) is 0 Å². The third-order valence-electron chi connectivity index (χ3n) is 4.02. The molecule has 3 rings (SSSR count). The monoisotopic (exact) mass is 272 g/mol. The smallest absolute Gasteiger partial charge is 0.250 e. The van der Waals surface area contributed by atoms with E-state index in [1.165, 1.54) is 0 Å². The van der Waals surface area contributed by atoms with Gasteiger partial charge in [0.05, 0.1) is 6.33 Å². The molecule has 1 atom stereocenters. The Labute approximate surface area is 118 Å². The SMILES string of the molecule is NC1CCCc2c1ccc(=O)n2CCCn1ccnc1. The van der Waals surface area contributed by atoms with Crippen molar-refractivity contribution in [3.8, 4) is 0 Å². The van der Waals surface area contributed by atoms with E-state index in [-0.39, 0.29) is 11.6 Å². The molecule has 1 unspecified atom stereocenters. The molecule has 0 saturated heterocycles. The molecule has 2 N–H and O–H groups in total. The van der Waals surface area contributed by atoms with Gasteiger partial charge in [0, 0.05) is 43.3 Å². The second kappa shape index (κ2) is 5.63. The lowest BCUT2D eigenvalue weighted by Gasteiger charge is -2.25. The second-order valence-corrected chi connectivity index (χ2v) is 5.38. The van der Waals surface area contributed by atoms with Gasteiger partial charge in [-0.3, -0.25) is 4.79 Å². The van der Waals surface area contributed by atoms with E-state index < -0.39 is 0 Å². The average Bonchev–Trinajstić information content (AvgIpc) is 2.95. The Balaban J connectivity index is 1.78. The number of hydrogen-bond donors (Lipinski definition) is 1. The summed E-state index contributed by atoms with van der Waals surface area (Å²) >= 11 is 0. The fourth-order valence-corrected chi connectivity index (χ4v) is 2.97. The first kappa shape index (κ1) is 13.1. The second-order valence-electron chi connectivity index (χ2n) is 5.38. The number of fused-ring (bicyclic) bond motifs is 1. The van der Waals surface area contributed by atoms with E-state index in [1.54, 1.807) is 18.6 Å². The molecule has 2 heterocycles. The Morgan fingerprint density at radius 2 is 2.25 bits per heavy atom. The molecule has 0 spiro atoms. The number of hydrogen-bond acceptors (Lipinski definition) is 3. The van der Waals surface area contributed by atoms with Gasteiger partial charge in [-0.1, -0.05) is 6.07 Å². The first-order valence-corrected chi connectivity index (χ1v) is 7.19. The maximum absolute atomic E-state index is 12.1. The molecule has 20 heavy (non-hydrogen) atoms. The van der Waals surface area contributed by atoms with Crippen molar-refractivity contribution in [1.82, 2.24) is 14.1 Å². The highest BCUT2D eigenvalue weighted by molar-refractivity contribution is 5.27. The fourth-order valence-electron chi connectivity index (χ4n) is 2.97. The van der Waals surface area contributed by atoms with Gasteiger partial charge >= 0.3 is 0 Å². The third kappa shape index (κ3) is 2.54. The van der Waals surface area contributed by atoms with Gasteiger partial charge in [-0.05, 0) is 31.2 Å². The zero-order valence-corrected chi connectivity index (χ0v) is 11.5. The largest absolute Gasteiger partial charge is 0.337 e. The van der Waals surface area contributed by atoms with E-state index in [4.69, 9.17) is 5.73 Å². The minimum Gasteiger partial charge on any atom is -0.337 e. The van der Waals surface area contributed by atoms with Crippen molar-refractivity contribution in [1.29, 1.82) is 0 Å². The summed E-state index contributed by atoms with van der Waals surface area (Å²) in [4.78, 5) is 16.1. The molecule has 2 aromatic heterocycles. The van der Waals surface area contributed by atoms with Crippen LogP contribution in [0.5, 0.6) is 0 Å². The highest BCUT2D eigenvalue weighted by Crippen LogP contribution is 2.26. The summed E-state index contributed by atoms with van der Waals surface area (Å²) in [6, 6.07) is 3.65. The van der Waals surface area contributed by atoms with Crippen LogP contribution >= 0.6 is 0 Å². The fraction of sp³-hybridized carbons (Fsp3) is 0.467. The highest BCUT2D eigenvalue weighted by Gasteiger charge is 2.19. The van der Waals surface area contributed by atoms with Crippen LogP contribution < -0.4 is 11.3 Å². The lowest BCUT2D eigenvalue weighted by molar-refractivity contribution is 0.492. The average molecular weight is 272 g/mol. The molecule has 0 aromatic carbocycles. The van der Waals surface area contributed by atoms with Crippen molar-refractivity contribution in [3.05, 3.63) is 52.5 Å². The molecule has 0 aliphatic heterocycles. The van der Waals surface area contributed by atoms with E-state index in [0.717, 1.165) is 50.0 Å². The molecule has 0 saturated carbocycles. The molecule has 1 aliphatic rings. The Hall–Kier alpha value is -1.88. The van der Waals surface area contributed by atoms with Crippen molar-refractivity contribution in [3.63, 3.8) is 0 Å². The number of aromatic nitrogens is 3. The minimum atomic E-state index is 0.0826. The van der Waals surface area contributed by atoms with Crippen molar-refractivity contribution in [2.75, 3.05) is 0 Å². The Kier molecular flexibility index (Phi) is 3.69. The van der Waals surface area contributed by atoms with Crippen LogP contribution in [0.3, 0.4) is 0 Å². The summed E-state index contributed by atoms with van der Waals surface area (Å²) in [7, 11) is 0. The van der Waals surface area contributed by atoms with Crippen LogP contribution in [-0.4, -0.2) is 14.1 Å². The number of imidazole rings is 1. The van der Waals surface area contributed by atoms with Crippen LogP contribution in [0.15, 0.2) is 35.6 Å². The molecular weight excluding hydrogens is 252 g/mol. The van der Waals surface area contributed by atoms with E-state index >= 15 is 0 Å². The van der Waals surface area contributed by atoms with Gasteiger partial charge in [0.15, 0.2) is 0 Å². The Morgan fingerprint density at radius 3 is 3.05 bits per heavy atom. The van der Waals surface area contributed by atoms with Crippen molar-refractivity contribution in [2.45, 2.75) is 44.8 Å². The molecular formula is C15H20N4O. The zero-order valence-electron chi connectivity index (χ0n) is 11.5. The lowest BCUT2D eigenvalue weighted by Crippen LogP contribution is -2.29. The van der Waals surface area contributed by atoms with Gasteiger partial charge in [0.25, 0.3) is 5.56 Å². The zero-order chi connectivity index (χ0) is 13.9. The highest BCUT2D eigenvalue weighted by atomic mass is 16.1. The quantitative estimate of drug-likeness (QED) is 0.916. The van der Waals surface area contributed by atoms with E-state index in [9.17, 15) is 4.79 Å². The van der Waals surface area contributed by atoms with Crippen LogP contribution in [0.1, 0.15) is 36.6 Å². The summed E-state index contributed by atoms with van der Waals surface area (Å²) in [6.45, 7) is 1.62. The number of aryl methyl sites for hydroxylation is 1. The minimum absolute atomic E-state index is 0.0826. The van der Waals surface area contributed by atoms with Crippen molar-refractivity contribution >= 4 is 0 Å². The molecule has 2 aromatic rings. The van der Waals surface area contributed by atoms with Crippen LogP contribution in [0.25, 0.3) is 0 Å². The standard InChI is InChI=1S/C15H20N4O/c16-13-3-1-4-14-12(13)5-6-15(20)19(14)9-2-8-18-10-7-17-11-18/h5-7,10-11,13H,1-4,8-9,16H2. The van der Waals surface area contributed by atoms with Crippen molar-refractivity contribution in [2.24, 2.45) is 5.73 Å². The van der Waals surface area contributed by atoms with Gasteiger partial charge in [0.2, 0.25) is 0 Å². The number of nitrogens with zero attached hydrogens (tertiary/aromatic N) is 3. The lowest BCUT2D eigenvalue weighted by atomic mass is 9.91. The summed E-state index contributed by atoms with van der Waals surface area (Å²) in [5.41, 5.74) is 8.52. The first-order valence-electron chi connectivity index (χ1n) is 7.19. The normalized spacial score (nSPS) is 17.9. The predicted octanol–water partition coefficient (Wildman–Crippen LogP) is 1.47. The van der Waals surface area contributed by atoms with Gasteiger partial charge in [-0.15, -0.1) is 0 Å². The molecule has 0 fully saturated rings. The number of pyridine rings is 1. The van der Waals surface area contributed by atoms with Gasteiger partial charge in [-0.25, -0.2) is 4.98 Å². The maximum Gasteiger partial charge on any atom is 0.250 e. The Morgan fingerprint density at radius 1 is 1.35 bits per heavy atom. The van der Waals surface area contributed by atoms with Gasteiger partial charge in [0.1, 0.15) is 0 Å². The third-order valence-corrected chi connectivity index (χ3v) is 4.02. The number of rotatable bonds is 4. The summed E-state index contributed by atoms with van der Waals surface area (Å²) in [5, 5.41) is 0. The van der Waals surface area contributed by atoms with Gasteiger partial charge < -0.3 is 14.9 Å². The van der Waals surface area contributed by atoms with Crippen LogP contribution in [-0.2, 0) is 19.5 Å². The summed E-state index contributed by atoms with van der Waals surface area (Å²) in [5.74, 6) is 0. The predicted molar refractivity (Wildman–Crippen MR) is 77.4 cm³/mol. The molecule has 0 amide bonds. The Bertz CT molecular complexity index is 630. The maximum atomic E-state index is 12.1. The van der Waals surface area contributed by atoms with Crippen LogP contribution in [0.4, 0.5) is 0 Å². The molecule has 106 valence electrons. The number of nitrogens with two attached hydrogens (primary N) is 1. The van der Waals surface area contributed by atoms with Crippen molar-refractivity contribution < 1.29 is 0 Å². The van der Waals surface area contributed by atoms with Gasteiger partial charge in [-0.2, -0.15) is 0 Å². The van der Waals surface area contributed by atoms with E-state index in [2.05, 4.69) is 4.98 Å².